The van der Waals surface area contributed by atoms with Gasteiger partial charge in [0.05, 0.1) is 30.3 Å². The molecule has 0 saturated carbocycles. The summed E-state index contributed by atoms with van der Waals surface area (Å²) < 4.78 is 9.49. The maximum Gasteiger partial charge on any atom is 0.282 e. The molecule has 1 aliphatic heterocycles. The number of nitrogens with zero attached hydrogens (tertiary/aromatic N) is 5. The molecule has 3 heterocycles. The SMILES string of the molecule is CC(C)c1nc2ccc(Br)cc2c(=O)n1N=Cc1cn(CC(=O)N2CCOCC2)c2ccccc12. The Balaban J connectivity index is 1.55. The molecule has 180 valence electrons. The van der Waals surface area contributed by atoms with E-state index < -0.39 is 0 Å². The van der Waals surface area contributed by atoms with Crippen molar-refractivity contribution in [2.45, 2.75) is 26.3 Å². The van der Waals surface area contributed by atoms with Crippen molar-refractivity contribution < 1.29 is 9.53 Å². The van der Waals surface area contributed by atoms with Crippen LogP contribution in [0.5, 0.6) is 0 Å². The second-order valence-corrected chi connectivity index (χ2v) is 9.79. The highest BCUT2D eigenvalue weighted by Gasteiger charge is 2.19. The van der Waals surface area contributed by atoms with Gasteiger partial charge in [0.15, 0.2) is 0 Å². The lowest BCUT2D eigenvalue weighted by atomic mass is 10.2. The van der Waals surface area contributed by atoms with E-state index in [-0.39, 0.29) is 23.9 Å². The first-order chi connectivity index (χ1) is 16.9. The molecule has 5 rings (SSSR count). The van der Waals surface area contributed by atoms with Crippen LogP contribution in [0.2, 0.25) is 0 Å². The second-order valence-electron chi connectivity index (χ2n) is 8.87. The predicted octanol–water partition coefficient (Wildman–Crippen LogP) is 3.98. The average Bonchev–Trinajstić information content (AvgIpc) is 3.21. The van der Waals surface area contributed by atoms with Gasteiger partial charge in [0.25, 0.3) is 5.56 Å². The largest absolute Gasteiger partial charge is 0.378 e. The summed E-state index contributed by atoms with van der Waals surface area (Å²) in [6.07, 6.45) is 3.59. The van der Waals surface area contributed by atoms with Gasteiger partial charge in [0.1, 0.15) is 12.4 Å². The van der Waals surface area contributed by atoms with E-state index in [1.54, 1.807) is 12.3 Å². The third kappa shape index (κ3) is 4.66. The minimum Gasteiger partial charge on any atom is -0.378 e. The summed E-state index contributed by atoms with van der Waals surface area (Å²) in [7, 11) is 0. The molecule has 35 heavy (non-hydrogen) atoms. The Morgan fingerprint density at radius 3 is 2.71 bits per heavy atom. The summed E-state index contributed by atoms with van der Waals surface area (Å²) in [6.45, 7) is 6.57. The fourth-order valence-electron chi connectivity index (χ4n) is 4.34. The van der Waals surface area contributed by atoms with Gasteiger partial charge in [-0.1, -0.05) is 48.0 Å². The third-order valence-corrected chi connectivity index (χ3v) is 6.64. The number of amides is 1. The van der Waals surface area contributed by atoms with Crippen molar-refractivity contribution in [2.24, 2.45) is 5.10 Å². The van der Waals surface area contributed by atoms with Crippen LogP contribution < -0.4 is 5.56 Å². The van der Waals surface area contributed by atoms with Crippen molar-refractivity contribution in [2.75, 3.05) is 26.3 Å². The minimum absolute atomic E-state index is 0.000355. The van der Waals surface area contributed by atoms with E-state index in [2.05, 4.69) is 21.0 Å². The van der Waals surface area contributed by atoms with Gasteiger partial charge in [-0.05, 0) is 24.3 Å². The molecule has 1 fully saturated rings. The van der Waals surface area contributed by atoms with Crippen molar-refractivity contribution >= 4 is 49.9 Å². The van der Waals surface area contributed by atoms with Crippen LogP contribution in [0.15, 0.2) is 63.0 Å². The van der Waals surface area contributed by atoms with Crippen molar-refractivity contribution in [3.63, 3.8) is 0 Å². The number of morpholine rings is 1. The molecule has 2 aromatic carbocycles. The molecule has 0 unspecified atom stereocenters. The molecule has 8 nitrogen and oxygen atoms in total. The Morgan fingerprint density at radius 1 is 1.17 bits per heavy atom. The first-order valence-corrected chi connectivity index (χ1v) is 12.4. The molecule has 0 bridgehead atoms. The highest BCUT2D eigenvalue weighted by molar-refractivity contribution is 9.10. The summed E-state index contributed by atoms with van der Waals surface area (Å²) in [6, 6.07) is 13.4. The van der Waals surface area contributed by atoms with Crippen molar-refractivity contribution in [3.8, 4) is 0 Å². The Bertz CT molecular complexity index is 1500. The summed E-state index contributed by atoms with van der Waals surface area (Å²) in [5.41, 5.74) is 2.19. The molecule has 4 aromatic rings. The summed E-state index contributed by atoms with van der Waals surface area (Å²) >= 11 is 3.44. The highest BCUT2D eigenvalue weighted by Crippen LogP contribution is 2.22. The van der Waals surface area contributed by atoms with Crippen LogP contribution in [0.4, 0.5) is 0 Å². The lowest BCUT2D eigenvalue weighted by molar-refractivity contribution is -0.135. The van der Waals surface area contributed by atoms with Crippen LogP contribution in [-0.2, 0) is 16.1 Å². The van der Waals surface area contributed by atoms with Crippen LogP contribution in [0, 0.1) is 0 Å². The number of aromatic nitrogens is 3. The molecule has 2 aromatic heterocycles. The Hall–Kier alpha value is -3.30. The first-order valence-electron chi connectivity index (χ1n) is 11.6. The van der Waals surface area contributed by atoms with Gasteiger partial charge in [-0.3, -0.25) is 9.59 Å². The quantitative estimate of drug-likeness (QED) is 0.362. The van der Waals surface area contributed by atoms with E-state index in [0.717, 1.165) is 20.9 Å². The smallest absolute Gasteiger partial charge is 0.282 e. The van der Waals surface area contributed by atoms with Crippen LogP contribution >= 0.6 is 15.9 Å². The van der Waals surface area contributed by atoms with Gasteiger partial charge in [0, 0.05) is 46.1 Å². The van der Waals surface area contributed by atoms with E-state index in [9.17, 15) is 9.59 Å². The third-order valence-electron chi connectivity index (χ3n) is 6.15. The summed E-state index contributed by atoms with van der Waals surface area (Å²) in [5.74, 6) is 0.646. The van der Waals surface area contributed by atoms with Crippen LogP contribution in [0.3, 0.4) is 0 Å². The number of hydrogen-bond donors (Lipinski definition) is 0. The molecule has 0 spiro atoms. The van der Waals surface area contributed by atoms with Gasteiger partial charge < -0.3 is 14.2 Å². The normalized spacial score (nSPS) is 14.6. The minimum atomic E-state index is -0.220. The van der Waals surface area contributed by atoms with Gasteiger partial charge >= 0.3 is 0 Å². The zero-order valence-electron chi connectivity index (χ0n) is 19.6. The van der Waals surface area contributed by atoms with Crippen LogP contribution in [0.1, 0.15) is 31.2 Å². The molecule has 9 heteroatoms. The van der Waals surface area contributed by atoms with Crippen molar-refractivity contribution in [3.05, 3.63) is 74.9 Å². The topological polar surface area (TPSA) is 81.7 Å². The summed E-state index contributed by atoms with van der Waals surface area (Å²) in [5, 5.41) is 6.05. The fraction of sp³-hybridized carbons (Fsp3) is 0.308. The molecule has 0 aliphatic carbocycles. The number of carbonyl (C=O) groups excluding carboxylic acids is 1. The average molecular weight is 536 g/mol. The van der Waals surface area contributed by atoms with E-state index >= 15 is 0 Å². The van der Waals surface area contributed by atoms with Gasteiger partial charge in [-0.15, -0.1) is 0 Å². The van der Waals surface area contributed by atoms with Crippen LogP contribution in [0.25, 0.3) is 21.8 Å². The molecule has 0 radical (unpaired) electrons. The van der Waals surface area contributed by atoms with Gasteiger partial charge in [-0.25, -0.2) is 4.98 Å². The Kier molecular flexibility index (Phi) is 6.53. The van der Waals surface area contributed by atoms with E-state index in [4.69, 9.17) is 9.72 Å². The van der Waals surface area contributed by atoms with E-state index in [1.165, 1.54) is 4.68 Å². The second kappa shape index (κ2) is 9.75. The molecule has 1 saturated heterocycles. The number of halogens is 1. The molecule has 0 N–H and O–H groups in total. The monoisotopic (exact) mass is 535 g/mol. The predicted molar refractivity (Wildman–Crippen MR) is 140 cm³/mol. The first kappa shape index (κ1) is 23.4. The lowest BCUT2D eigenvalue weighted by Gasteiger charge is -2.27. The standard InChI is InChI=1S/C26H26BrN5O3/c1-17(2)25-29-22-8-7-19(27)13-21(22)26(34)32(25)28-14-18-15-31(23-6-4-3-5-20(18)23)16-24(33)30-9-11-35-12-10-30/h3-8,13-15,17H,9-12,16H2,1-2H3. The molecular formula is C26H26BrN5O3. The Morgan fingerprint density at radius 2 is 1.94 bits per heavy atom. The fourth-order valence-corrected chi connectivity index (χ4v) is 4.70. The lowest BCUT2D eigenvalue weighted by Crippen LogP contribution is -2.42. The number of rotatable bonds is 5. The van der Waals surface area contributed by atoms with Crippen molar-refractivity contribution in [1.82, 2.24) is 19.1 Å². The molecule has 1 amide bonds. The Labute approximate surface area is 210 Å². The van der Waals surface area contributed by atoms with Crippen molar-refractivity contribution in [1.29, 1.82) is 0 Å². The van der Waals surface area contributed by atoms with E-state index in [0.29, 0.717) is 43.0 Å². The van der Waals surface area contributed by atoms with Crippen LogP contribution in [-0.4, -0.2) is 57.6 Å². The molecule has 0 atom stereocenters. The number of fused-ring (bicyclic) bond motifs is 2. The zero-order chi connectivity index (χ0) is 24.5. The number of para-hydroxylation sites is 1. The maximum absolute atomic E-state index is 13.3. The zero-order valence-corrected chi connectivity index (χ0v) is 21.2. The number of benzene rings is 2. The van der Waals surface area contributed by atoms with Gasteiger partial charge in [0.2, 0.25) is 5.91 Å². The number of hydrogen-bond acceptors (Lipinski definition) is 5. The molecule has 1 aliphatic rings. The number of carbonyl (C=O) groups is 1. The highest BCUT2D eigenvalue weighted by atomic mass is 79.9. The molecular weight excluding hydrogens is 510 g/mol. The summed E-state index contributed by atoms with van der Waals surface area (Å²) in [4.78, 5) is 32.8. The maximum atomic E-state index is 13.3. The number of ether oxygens (including phenoxy) is 1. The van der Waals surface area contributed by atoms with Gasteiger partial charge in [-0.2, -0.15) is 9.78 Å². The van der Waals surface area contributed by atoms with E-state index in [1.807, 2.05) is 65.9 Å².